The molecule has 8 unspecified atom stereocenters. The van der Waals surface area contributed by atoms with Gasteiger partial charge in [-0.3, -0.25) is 24.0 Å². The maximum absolute atomic E-state index is 14.5. The summed E-state index contributed by atoms with van der Waals surface area (Å²) < 4.78 is 23.0. The lowest BCUT2D eigenvalue weighted by Gasteiger charge is -2.66. The molecule has 1 heterocycles. The minimum atomic E-state index is -1.78. The van der Waals surface area contributed by atoms with Gasteiger partial charge in [-0.1, -0.05) is 32.4 Å². The van der Waals surface area contributed by atoms with Crippen molar-refractivity contribution in [1.82, 2.24) is 0 Å². The Kier molecular flexibility index (Phi) is 5.69. The van der Waals surface area contributed by atoms with E-state index in [1.807, 2.05) is 33.8 Å². The molecule has 0 aromatic carbocycles. The van der Waals surface area contributed by atoms with Gasteiger partial charge in [0.1, 0.15) is 18.0 Å². The quantitative estimate of drug-likeness (QED) is 0.227. The van der Waals surface area contributed by atoms with Gasteiger partial charge in [-0.2, -0.15) is 0 Å². The molecular formula is C30H38O9. The molecule has 9 heteroatoms. The molecule has 0 amide bonds. The fourth-order valence-corrected chi connectivity index (χ4v) is 9.88. The Labute approximate surface area is 228 Å². The highest BCUT2D eigenvalue weighted by Crippen LogP contribution is 2.79. The molecule has 3 fully saturated rings. The van der Waals surface area contributed by atoms with Crippen molar-refractivity contribution in [1.29, 1.82) is 0 Å². The lowest BCUT2D eigenvalue weighted by Crippen LogP contribution is -2.71. The largest absolute Gasteiger partial charge is 0.468 e. The van der Waals surface area contributed by atoms with Crippen LogP contribution in [-0.2, 0) is 42.9 Å². The summed E-state index contributed by atoms with van der Waals surface area (Å²) in [6, 6.07) is 0. The number of allylic oxidation sites excluding steroid dienone is 3. The van der Waals surface area contributed by atoms with Crippen molar-refractivity contribution >= 4 is 29.7 Å². The molecule has 5 aliphatic rings. The molecule has 0 aromatic rings. The van der Waals surface area contributed by atoms with E-state index in [-0.39, 0.29) is 35.6 Å². The van der Waals surface area contributed by atoms with Gasteiger partial charge < -0.3 is 18.9 Å². The number of fused-ring (bicyclic) bond motifs is 3. The van der Waals surface area contributed by atoms with Crippen molar-refractivity contribution in [3.8, 4) is 0 Å². The van der Waals surface area contributed by atoms with Gasteiger partial charge in [-0.05, 0) is 40.0 Å². The molecule has 212 valence electrons. The molecule has 2 saturated carbocycles. The molecule has 0 radical (unpaired) electrons. The van der Waals surface area contributed by atoms with Gasteiger partial charge >= 0.3 is 23.9 Å². The Morgan fingerprint density at radius 3 is 2.23 bits per heavy atom. The van der Waals surface area contributed by atoms with E-state index in [2.05, 4.69) is 0 Å². The number of hydrogen-bond donors (Lipinski definition) is 0. The van der Waals surface area contributed by atoms with Gasteiger partial charge in [0.15, 0.2) is 11.2 Å². The van der Waals surface area contributed by atoms with Crippen LogP contribution in [0.3, 0.4) is 0 Å². The topological polar surface area (TPSA) is 122 Å². The molecule has 39 heavy (non-hydrogen) atoms. The fraction of sp³-hybridized carbons (Fsp3) is 0.700. The monoisotopic (exact) mass is 542 g/mol. The number of esters is 4. The SMILES string of the molecule is COC(=O)C12C(=O)C(C)=C(OC(C)=O)C1(C)C(C)=CC1C34CCC(OC(C)=O)C(C)(C)C3C(CC12C)OC4=O. The van der Waals surface area contributed by atoms with E-state index in [0.717, 1.165) is 0 Å². The molecule has 9 nitrogen and oxygen atoms in total. The van der Waals surface area contributed by atoms with E-state index < -0.39 is 62.9 Å². The molecule has 1 saturated heterocycles. The summed E-state index contributed by atoms with van der Waals surface area (Å²) in [5.41, 5.74) is -5.01. The van der Waals surface area contributed by atoms with Crippen molar-refractivity contribution in [3.05, 3.63) is 23.0 Å². The zero-order valence-corrected chi connectivity index (χ0v) is 24.2. The minimum Gasteiger partial charge on any atom is -0.468 e. The summed E-state index contributed by atoms with van der Waals surface area (Å²) in [5, 5.41) is 0. The maximum atomic E-state index is 14.5. The smallest absolute Gasteiger partial charge is 0.321 e. The summed E-state index contributed by atoms with van der Waals surface area (Å²) in [7, 11) is 1.25. The van der Waals surface area contributed by atoms with Gasteiger partial charge in [0.25, 0.3) is 0 Å². The predicted octanol–water partition coefficient (Wildman–Crippen LogP) is 3.84. The van der Waals surface area contributed by atoms with Gasteiger partial charge in [0.2, 0.25) is 0 Å². The van der Waals surface area contributed by atoms with Crippen LogP contribution in [0.2, 0.25) is 0 Å². The highest BCUT2D eigenvalue weighted by Gasteiger charge is 2.85. The molecular weight excluding hydrogens is 504 g/mol. The Hall–Kier alpha value is -2.97. The fourth-order valence-electron chi connectivity index (χ4n) is 9.88. The van der Waals surface area contributed by atoms with E-state index in [9.17, 15) is 24.0 Å². The number of rotatable bonds is 3. The van der Waals surface area contributed by atoms with E-state index in [1.165, 1.54) is 21.0 Å². The molecule has 0 N–H and O–H groups in total. The van der Waals surface area contributed by atoms with Gasteiger partial charge in [-0.15, -0.1) is 0 Å². The second kappa shape index (κ2) is 8.04. The number of methoxy groups -OCH3 is 1. The highest BCUT2D eigenvalue weighted by molar-refractivity contribution is 6.17. The molecule has 8 atom stereocenters. The first-order valence-electron chi connectivity index (χ1n) is 13.6. The first kappa shape index (κ1) is 27.6. The van der Waals surface area contributed by atoms with Crippen LogP contribution in [0.1, 0.15) is 74.7 Å². The van der Waals surface area contributed by atoms with Gasteiger partial charge in [0.05, 0.1) is 17.9 Å². The van der Waals surface area contributed by atoms with Gasteiger partial charge in [0, 0.05) is 42.1 Å². The van der Waals surface area contributed by atoms with Crippen molar-refractivity contribution in [3.63, 3.8) is 0 Å². The number of Topliss-reactive ketones (excluding diaryl/α,β-unsaturated/α-hetero) is 1. The summed E-state index contributed by atoms with van der Waals surface area (Å²) in [6.45, 7) is 13.7. The number of carbonyl (C=O) groups excluding carboxylic acids is 5. The Morgan fingerprint density at radius 2 is 1.67 bits per heavy atom. The third kappa shape index (κ3) is 2.84. The first-order valence-corrected chi connectivity index (χ1v) is 13.6. The Morgan fingerprint density at radius 1 is 1.03 bits per heavy atom. The standard InChI is InChI=1S/C30H38O9/c1-14-12-19-27(7,30(25(35)36-9)22(33)15(2)23(28(14,30)8)38-17(4)32)13-18-21-26(5,6)20(37-16(3)31)10-11-29(19,21)24(34)39-18/h12,18-21H,10-11,13H2,1-9H3. The summed E-state index contributed by atoms with van der Waals surface area (Å²) in [5.74, 6) is -3.21. The van der Waals surface area contributed by atoms with Crippen molar-refractivity contribution in [2.24, 2.45) is 38.9 Å². The van der Waals surface area contributed by atoms with Crippen LogP contribution >= 0.6 is 0 Å². The molecule has 1 aliphatic heterocycles. The maximum Gasteiger partial charge on any atom is 0.321 e. The summed E-state index contributed by atoms with van der Waals surface area (Å²) >= 11 is 0. The molecule has 5 rings (SSSR count). The van der Waals surface area contributed by atoms with Crippen LogP contribution in [-0.4, -0.2) is 49.0 Å². The Bertz CT molecular complexity index is 1290. The number of hydrogen-bond acceptors (Lipinski definition) is 9. The van der Waals surface area contributed by atoms with Crippen LogP contribution in [0.15, 0.2) is 23.0 Å². The highest BCUT2D eigenvalue weighted by atomic mass is 16.6. The van der Waals surface area contributed by atoms with Crippen molar-refractivity contribution in [2.75, 3.05) is 7.11 Å². The van der Waals surface area contributed by atoms with Crippen LogP contribution in [0.25, 0.3) is 0 Å². The molecule has 2 bridgehead atoms. The Balaban J connectivity index is 1.79. The van der Waals surface area contributed by atoms with Crippen LogP contribution in [0.5, 0.6) is 0 Å². The average molecular weight is 543 g/mol. The second-order valence-corrected chi connectivity index (χ2v) is 13.1. The zero-order chi connectivity index (χ0) is 29.1. The lowest BCUT2D eigenvalue weighted by atomic mass is 9.33. The second-order valence-electron chi connectivity index (χ2n) is 13.1. The van der Waals surface area contributed by atoms with E-state index >= 15 is 0 Å². The van der Waals surface area contributed by atoms with E-state index in [1.54, 1.807) is 13.8 Å². The summed E-state index contributed by atoms with van der Waals surface area (Å²) in [4.78, 5) is 66.7. The van der Waals surface area contributed by atoms with E-state index in [4.69, 9.17) is 18.9 Å². The lowest BCUT2D eigenvalue weighted by molar-refractivity contribution is -0.217. The average Bonchev–Trinajstić information content (AvgIpc) is 3.17. The molecule has 4 aliphatic carbocycles. The summed E-state index contributed by atoms with van der Waals surface area (Å²) in [6.07, 6.45) is 2.02. The number of ether oxygens (including phenoxy) is 4. The normalized spacial score (nSPS) is 43.5. The van der Waals surface area contributed by atoms with E-state index in [0.29, 0.717) is 18.4 Å². The molecule has 0 spiro atoms. The van der Waals surface area contributed by atoms with Gasteiger partial charge in [-0.25, -0.2) is 0 Å². The predicted molar refractivity (Wildman–Crippen MR) is 136 cm³/mol. The first-order chi connectivity index (χ1) is 18.0. The zero-order valence-electron chi connectivity index (χ0n) is 24.2. The third-order valence-electron chi connectivity index (χ3n) is 11.2. The van der Waals surface area contributed by atoms with Crippen LogP contribution in [0, 0.1) is 38.9 Å². The van der Waals surface area contributed by atoms with Crippen LogP contribution in [0.4, 0.5) is 0 Å². The number of ketones is 1. The van der Waals surface area contributed by atoms with Crippen molar-refractivity contribution in [2.45, 2.75) is 86.9 Å². The number of carbonyl (C=O) groups is 5. The van der Waals surface area contributed by atoms with Crippen LogP contribution < -0.4 is 0 Å². The minimum absolute atomic E-state index is 0.150. The molecule has 0 aromatic heterocycles. The third-order valence-corrected chi connectivity index (χ3v) is 11.2. The van der Waals surface area contributed by atoms with Crippen molar-refractivity contribution < 1.29 is 42.9 Å².